The van der Waals surface area contributed by atoms with Crippen molar-refractivity contribution in [2.24, 2.45) is 0 Å². The van der Waals surface area contributed by atoms with Crippen LogP contribution < -0.4 is 5.73 Å². The van der Waals surface area contributed by atoms with Crippen LogP contribution in [0.1, 0.15) is 19.9 Å². The SMILES string of the molecule is CCSCC(C)n1c(N)nc2cc(Cl)c(Cl)cc21. The highest BCUT2D eigenvalue weighted by Gasteiger charge is 2.15. The Morgan fingerprint density at radius 1 is 1.39 bits per heavy atom. The zero-order valence-corrected chi connectivity index (χ0v) is 12.6. The molecule has 1 heterocycles. The van der Waals surface area contributed by atoms with Gasteiger partial charge in [0.05, 0.1) is 21.1 Å². The van der Waals surface area contributed by atoms with Crippen molar-refractivity contribution in [2.75, 3.05) is 17.2 Å². The Labute approximate surface area is 121 Å². The summed E-state index contributed by atoms with van der Waals surface area (Å²) in [6, 6.07) is 3.86. The topological polar surface area (TPSA) is 43.8 Å². The molecule has 1 atom stereocenters. The second kappa shape index (κ2) is 5.59. The molecule has 0 radical (unpaired) electrons. The van der Waals surface area contributed by atoms with Crippen LogP contribution in [0.3, 0.4) is 0 Å². The Morgan fingerprint density at radius 2 is 2.06 bits per heavy atom. The van der Waals surface area contributed by atoms with Gasteiger partial charge in [0.2, 0.25) is 5.95 Å². The summed E-state index contributed by atoms with van der Waals surface area (Å²) in [4.78, 5) is 4.33. The summed E-state index contributed by atoms with van der Waals surface area (Å²) < 4.78 is 2.01. The van der Waals surface area contributed by atoms with E-state index in [0.29, 0.717) is 16.0 Å². The van der Waals surface area contributed by atoms with E-state index in [2.05, 4.69) is 18.8 Å². The molecule has 18 heavy (non-hydrogen) atoms. The molecule has 1 unspecified atom stereocenters. The maximum atomic E-state index is 6.06. The number of benzene rings is 1. The number of nitrogens with two attached hydrogens (primary N) is 1. The molecule has 0 bridgehead atoms. The summed E-state index contributed by atoms with van der Waals surface area (Å²) in [5, 5.41) is 1.03. The van der Waals surface area contributed by atoms with E-state index in [1.807, 2.05) is 22.4 Å². The van der Waals surface area contributed by atoms with Crippen LogP contribution in [0.2, 0.25) is 10.0 Å². The third-order valence-corrected chi connectivity index (χ3v) is 4.61. The second-order valence-electron chi connectivity index (χ2n) is 4.10. The van der Waals surface area contributed by atoms with Crippen LogP contribution >= 0.6 is 35.0 Å². The fraction of sp³-hybridized carbons (Fsp3) is 0.417. The van der Waals surface area contributed by atoms with Crippen LogP contribution in [0.25, 0.3) is 11.0 Å². The molecule has 98 valence electrons. The van der Waals surface area contributed by atoms with Crippen molar-refractivity contribution in [2.45, 2.75) is 19.9 Å². The molecule has 0 saturated carbocycles. The predicted octanol–water partition coefficient (Wildman–Crippen LogP) is 4.24. The van der Waals surface area contributed by atoms with Crippen LogP contribution in [0.15, 0.2) is 12.1 Å². The quantitative estimate of drug-likeness (QED) is 0.919. The molecule has 0 aliphatic heterocycles. The standard InChI is InChI=1S/C12H15Cl2N3S/c1-3-18-6-7(2)17-11-5-9(14)8(13)4-10(11)16-12(17)15/h4-5,7H,3,6H2,1-2H3,(H2,15,16). The molecule has 3 nitrogen and oxygen atoms in total. The van der Waals surface area contributed by atoms with Gasteiger partial charge in [0.1, 0.15) is 0 Å². The first-order chi connectivity index (χ1) is 8.54. The molecule has 1 aromatic carbocycles. The number of nitrogens with zero attached hydrogens (tertiary/aromatic N) is 2. The number of nitrogen functional groups attached to an aromatic ring is 1. The average molecular weight is 304 g/mol. The van der Waals surface area contributed by atoms with Crippen LogP contribution in [-0.4, -0.2) is 21.1 Å². The normalized spacial score (nSPS) is 13.1. The van der Waals surface area contributed by atoms with E-state index in [4.69, 9.17) is 28.9 Å². The first kappa shape index (κ1) is 13.8. The number of rotatable bonds is 4. The summed E-state index contributed by atoms with van der Waals surface area (Å²) in [7, 11) is 0. The number of aromatic nitrogens is 2. The maximum Gasteiger partial charge on any atom is 0.201 e. The zero-order chi connectivity index (χ0) is 13.3. The van der Waals surface area contributed by atoms with E-state index in [0.717, 1.165) is 22.5 Å². The lowest BCUT2D eigenvalue weighted by molar-refractivity contribution is 0.637. The first-order valence-electron chi connectivity index (χ1n) is 5.74. The van der Waals surface area contributed by atoms with E-state index in [1.165, 1.54) is 0 Å². The fourth-order valence-corrected chi connectivity index (χ4v) is 2.98. The third kappa shape index (κ3) is 2.56. The fourth-order valence-electron chi connectivity index (χ4n) is 1.94. The number of thioether (sulfide) groups is 1. The largest absolute Gasteiger partial charge is 0.369 e. The van der Waals surface area contributed by atoms with Crippen LogP contribution in [0.4, 0.5) is 5.95 Å². The van der Waals surface area contributed by atoms with Gasteiger partial charge in [-0.25, -0.2) is 4.98 Å². The molecule has 1 aromatic heterocycles. The smallest absolute Gasteiger partial charge is 0.201 e. The lowest BCUT2D eigenvalue weighted by Crippen LogP contribution is -2.11. The molecule has 6 heteroatoms. The Hall–Kier alpha value is -0.580. The minimum atomic E-state index is 0.275. The molecule has 0 aliphatic rings. The monoisotopic (exact) mass is 303 g/mol. The van der Waals surface area contributed by atoms with Gasteiger partial charge in [-0.2, -0.15) is 11.8 Å². The minimum absolute atomic E-state index is 0.275. The Morgan fingerprint density at radius 3 is 2.72 bits per heavy atom. The zero-order valence-electron chi connectivity index (χ0n) is 10.3. The molecule has 0 aliphatic carbocycles. The lowest BCUT2D eigenvalue weighted by atomic mass is 10.3. The summed E-state index contributed by atoms with van der Waals surface area (Å²) in [6.45, 7) is 4.27. The molecule has 0 spiro atoms. The third-order valence-electron chi connectivity index (χ3n) is 2.76. The molecular formula is C12H15Cl2N3S. The maximum absolute atomic E-state index is 6.06. The van der Waals surface area contributed by atoms with Crippen molar-refractivity contribution in [1.82, 2.24) is 9.55 Å². The van der Waals surface area contributed by atoms with Gasteiger partial charge >= 0.3 is 0 Å². The van der Waals surface area contributed by atoms with Gasteiger partial charge in [0, 0.05) is 11.8 Å². The second-order valence-corrected chi connectivity index (χ2v) is 6.24. The summed E-state index contributed by atoms with van der Waals surface area (Å²) in [6.07, 6.45) is 0. The van der Waals surface area contributed by atoms with Gasteiger partial charge in [0.15, 0.2) is 0 Å². The Balaban J connectivity index is 2.49. The number of hydrogen-bond acceptors (Lipinski definition) is 3. The summed E-state index contributed by atoms with van der Waals surface area (Å²) in [5.41, 5.74) is 7.71. The Kier molecular flexibility index (Phi) is 4.30. The highest BCUT2D eigenvalue weighted by atomic mass is 35.5. The number of halogens is 2. The summed E-state index contributed by atoms with van der Waals surface area (Å²) >= 11 is 13.9. The molecule has 2 N–H and O–H groups in total. The predicted molar refractivity (Wildman–Crippen MR) is 81.9 cm³/mol. The molecule has 2 rings (SSSR count). The van der Waals surface area contributed by atoms with Gasteiger partial charge in [-0.1, -0.05) is 30.1 Å². The summed E-state index contributed by atoms with van der Waals surface area (Å²) in [5.74, 6) is 2.59. The van der Waals surface area contributed by atoms with E-state index >= 15 is 0 Å². The van der Waals surface area contributed by atoms with Crippen molar-refractivity contribution < 1.29 is 0 Å². The number of anilines is 1. The van der Waals surface area contributed by atoms with Crippen molar-refractivity contribution >= 4 is 51.9 Å². The Bertz CT molecular complexity index is 568. The van der Waals surface area contributed by atoms with Gasteiger partial charge < -0.3 is 10.3 Å². The number of imidazole rings is 1. The van der Waals surface area contributed by atoms with Gasteiger partial charge in [-0.15, -0.1) is 0 Å². The van der Waals surface area contributed by atoms with Gasteiger partial charge in [-0.05, 0) is 24.8 Å². The van der Waals surface area contributed by atoms with Gasteiger partial charge in [0.25, 0.3) is 0 Å². The van der Waals surface area contributed by atoms with E-state index in [-0.39, 0.29) is 6.04 Å². The number of fused-ring (bicyclic) bond motifs is 1. The van der Waals surface area contributed by atoms with E-state index in [9.17, 15) is 0 Å². The lowest BCUT2D eigenvalue weighted by Gasteiger charge is -2.15. The van der Waals surface area contributed by atoms with Crippen LogP contribution in [0.5, 0.6) is 0 Å². The average Bonchev–Trinajstić information content (AvgIpc) is 2.62. The highest BCUT2D eigenvalue weighted by Crippen LogP contribution is 2.31. The minimum Gasteiger partial charge on any atom is -0.369 e. The van der Waals surface area contributed by atoms with Crippen LogP contribution in [-0.2, 0) is 0 Å². The van der Waals surface area contributed by atoms with E-state index in [1.54, 1.807) is 6.07 Å². The van der Waals surface area contributed by atoms with Crippen molar-refractivity contribution in [1.29, 1.82) is 0 Å². The van der Waals surface area contributed by atoms with E-state index < -0.39 is 0 Å². The molecule has 2 aromatic rings. The van der Waals surface area contributed by atoms with Crippen molar-refractivity contribution in [3.63, 3.8) is 0 Å². The first-order valence-corrected chi connectivity index (χ1v) is 7.65. The molecule has 0 amide bonds. The highest BCUT2D eigenvalue weighted by molar-refractivity contribution is 7.99. The molecular weight excluding hydrogens is 289 g/mol. The molecule has 0 fully saturated rings. The van der Waals surface area contributed by atoms with Crippen molar-refractivity contribution in [3.8, 4) is 0 Å². The van der Waals surface area contributed by atoms with Crippen molar-refractivity contribution in [3.05, 3.63) is 22.2 Å². The van der Waals surface area contributed by atoms with Crippen LogP contribution in [0, 0.1) is 0 Å². The number of hydrogen-bond donors (Lipinski definition) is 1. The molecule has 0 saturated heterocycles. The van der Waals surface area contributed by atoms with Gasteiger partial charge in [-0.3, -0.25) is 0 Å².